The van der Waals surface area contributed by atoms with E-state index in [1.54, 1.807) is 7.11 Å². The summed E-state index contributed by atoms with van der Waals surface area (Å²) in [6.07, 6.45) is 3.59. The number of benzene rings is 1. The molecule has 2 rings (SSSR count). The van der Waals surface area contributed by atoms with Gasteiger partial charge in [-0.05, 0) is 36.5 Å². The molecule has 0 aliphatic heterocycles. The number of alkyl halides is 1. The molecule has 3 heteroatoms. The van der Waals surface area contributed by atoms with Crippen molar-refractivity contribution in [2.45, 2.75) is 44.3 Å². The van der Waals surface area contributed by atoms with E-state index in [1.807, 2.05) is 24.3 Å². The van der Waals surface area contributed by atoms with Gasteiger partial charge in [0.05, 0.1) is 25.2 Å². The highest BCUT2D eigenvalue weighted by Gasteiger charge is 2.32. The molecule has 0 amide bonds. The molecular weight excluding hydrogens is 248 g/mol. The highest BCUT2D eigenvalue weighted by molar-refractivity contribution is 6.21. The molecule has 1 aliphatic rings. The van der Waals surface area contributed by atoms with Crippen LogP contribution in [0.5, 0.6) is 5.75 Å². The summed E-state index contributed by atoms with van der Waals surface area (Å²) in [7, 11) is 1.67. The van der Waals surface area contributed by atoms with Gasteiger partial charge in [0, 0.05) is 0 Å². The molecule has 2 nitrogen and oxygen atoms in total. The monoisotopic (exact) mass is 268 g/mol. The van der Waals surface area contributed by atoms with Crippen LogP contribution in [0.2, 0.25) is 0 Å². The third-order valence-electron chi connectivity index (χ3n) is 3.73. The average molecular weight is 269 g/mol. The lowest BCUT2D eigenvalue weighted by molar-refractivity contribution is 0.0448. The second-order valence-corrected chi connectivity index (χ2v) is 5.52. The van der Waals surface area contributed by atoms with Crippen molar-refractivity contribution in [1.82, 2.24) is 0 Å². The first-order valence-electron chi connectivity index (χ1n) is 6.61. The van der Waals surface area contributed by atoms with Gasteiger partial charge in [-0.15, -0.1) is 11.6 Å². The summed E-state index contributed by atoms with van der Waals surface area (Å²) in [5.41, 5.74) is 1.17. The normalized spacial score (nSPS) is 27.4. The van der Waals surface area contributed by atoms with Gasteiger partial charge in [-0.3, -0.25) is 0 Å². The van der Waals surface area contributed by atoms with Gasteiger partial charge in [-0.2, -0.15) is 0 Å². The van der Waals surface area contributed by atoms with Crippen molar-refractivity contribution in [3.05, 3.63) is 29.8 Å². The molecule has 0 aromatic heterocycles. The van der Waals surface area contributed by atoms with Gasteiger partial charge in [0.15, 0.2) is 0 Å². The van der Waals surface area contributed by atoms with Gasteiger partial charge in [-0.25, -0.2) is 0 Å². The Bertz CT molecular complexity index is 363. The van der Waals surface area contributed by atoms with E-state index in [2.05, 4.69) is 6.92 Å². The van der Waals surface area contributed by atoms with Crippen molar-refractivity contribution in [3.8, 4) is 5.75 Å². The summed E-state index contributed by atoms with van der Waals surface area (Å²) in [5, 5.41) is 0.174. The molecule has 1 aromatic carbocycles. The zero-order chi connectivity index (χ0) is 13.0. The summed E-state index contributed by atoms with van der Waals surface area (Å²) >= 11 is 6.32. The van der Waals surface area contributed by atoms with Crippen LogP contribution in [0.1, 0.15) is 31.7 Å². The number of hydrogen-bond donors (Lipinski definition) is 0. The molecule has 3 unspecified atom stereocenters. The number of hydrogen-bond acceptors (Lipinski definition) is 2. The second-order valence-electron chi connectivity index (χ2n) is 4.96. The summed E-state index contributed by atoms with van der Waals surface area (Å²) in [6, 6.07) is 7.99. The largest absolute Gasteiger partial charge is 0.497 e. The van der Waals surface area contributed by atoms with Crippen LogP contribution < -0.4 is 4.74 Å². The summed E-state index contributed by atoms with van der Waals surface area (Å²) in [6.45, 7) is 2.86. The Morgan fingerprint density at radius 1 is 1.22 bits per heavy atom. The van der Waals surface area contributed by atoms with Gasteiger partial charge >= 0.3 is 0 Å². The lowest BCUT2D eigenvalue weighted by Crippen LogP contribution is -2.17. The van der Waals surface area contributed by atoms with Crippen molar-refractivity contribution in [2.75, 3.05) is 7.11 Å². The summed E-state index contributed by atoms with van der Waals surface area (Å²) in [4.78, 5) is 0. The molecule has 0 spiro atoms. The van der Waals surface area contributed by atoms with Crippen LogP contribution in [0.3, 0.4) is 0 Å². The maximum Gasteiger partial charge on any atom is 0.118 e. The minimum absolute atomic E-state index is 0.174. The van der Waals surface area contributed by atoms with Crippen LogP contribution in [-0.2, 0) is 11.3 Å². The summed E-state index contributed by atoms with van der Waals surface area (Å²) < 4.78 is 11.1. The number of rotatable bonds is 5. The maximum absolute atomic E-state index is 6.32. The highest BCUT2D eigenvalue weighted by Crippen LogP contribution is 2.34. The van der Waals surface area contributed by atoms with Crippen LogP contribution in [0.4, 0.5) is 0 Å². The Morgan fingerprint density at radius 3 is 2.50 bits per heavy atom. The molecule has 0 radical (unpaired) electrons. The third kappa shape index (κ3) is 3.39. The van der Waals surface area contributed by atoms with Crippen LogP contribution in [0, 0.1) is 5.92 Å². The second kappa shape index (κ2) is 6.44. The highest BCUT2D eigenvalue weighted by atomic mass is 35.5. The molecule has 1 aliphatic carbocycles. The first kappa shape index (κ1) is 13.7. The quantitative estimate of drug-likeness (QED) is 0.752. The van der Waals surface area contributed by atoms with E-state index >= 15 is 0 Å². The van der Waals surface area contributed by atoms with Gasteiger partial charge < -0.3 is 9.47 Å². The minimum atomic E-state index is 0.174. The van der Waals surface area contributed by atoms with Crippen LogP contribution >= 0.6 is 11.6 Å². The fraction of sp³-hybridized carbons (Fsp3) is 0.600. The zero-order valence-electron chi connectivity index (χ0n) is 11.1. The van der Waals surface area contributed by atoms with Gasteiger partial charge in [0.1, 0.15) is 5.75 Å². The van der Waals surface area contributed by atoms with E-state index in [4.69, 9.17) is 21.1 Å². The molecule has 0 heterocycles. The summed E-state index contributed by atoms with van der Waals surface area (Å²) in [5.74, 6) is 1.61. The fourth-order valence-electron chi connectivity index (χ4n) is 2.47. The molecule has 1 fully saturated rings. The van der Waals surface area contributed by atoms with Crippen molar-refractivity contribution in [3.63, 3.8) is 0 Å². The van der Waals surface area contributed by atoms with Gasteiger partial charge in [-0.1, -0.05) is 25.5 Å². The van der Waals surface area contributed by atoms with Crippen molar-refractivity contribution in [2.24, 2.45) is 5.92 Å². The third-order valence-corrected chi connectivity index (χ3v) is 4.19. The maximum atomic E-state index is 6.32. The Morgan fingerprint density at radius 2 is 1.94 bits per heavy atom. The molecular formula is C15H21ClO2. The molecule has 18 heavy (non-hydrogen) atoms. The van der Waals surface area contributed by atoms with Crippen LogP contribution in [0.25, 0.3) is 0 Å². The van der Waals surface area contributed by atoms with E-state index in [1.165, 1.54) is 12.0 Å². The van der Waals surface area contributed by atoms with E-state index < -0.39 is 0 Å². The SMILES string of the molecule is CCC1CC(Cl)C(OCc2ccc(OC)cc2)C1. The Kier molecular flexibility index (Phi) is 4.90. The van der Waals surface area contributed by atoms with Gasteiger partial charge in [0.25, 0.3) is 0 Å². The molecule has 1 saturated carbocycles. The van der Waals surface area contributed by atoms with E-state index in [0.29, 0.717) is 6.61 Å². The fourth-order valence-corrected chi connectivity index (χ4v) is 2.90. The molecule has 0 saturated heterocycles. The van der Waals surface area contributed by atoms with E-state index in [9.17, 15) is 0 Å². The first-order chi connectivity index (χ1) is 8.72. The molecule has 3 atom stereocenters. The molecule has 0 N–H and O–H groups in total. The molecule has 1 aromatic rings. The Balaban J connectivity index is 1.83. The smallest absolute Gasteiger partial charge is 0.118 e. The van der Waals surface area contributed by atoms with Crippen molar-refractivity contribution < 1.29 is 9.47 Å². The average Bonchev–Trinajstić information content (AvgIpc) is 2.77. The van der Waals surface area contributed by atoms with Crippen LogP contribution in [0.15, 0.2) is 24.3 Å². The first-order valence-corrected chi connectivity index (χ1v) is 7.05. The van der Waals surface area contributed by atoms with Crippen molar-refractivity contribution >= 4 is 11.6 Å². The minimum Gasteiger partial charge on any atom is -0.497 e. The molecule has 0 bridgehead atoms. The predicted molar refractivity (Wildman–Crippen MR) is 74.2 cm³/mol. The number of methoxy groups -OCH3 is 1. The lowest BCUT2D eigenvalue weighted by atomic mass is 10.1. The van der Waals surface area contributed by atoms with E-state index in [-0.39, 0.29) is 11.5 Å². The van der Waals surface area contributed by atoms with Crippen molar-refractivity contribution in [1.29, 1.82) is 0 Å². The Hall–Kier alpha value is -0.730. The number of halogens is 1. The zero-order valence-corrected chi connectivity index (χ0v) is 11.8. The topological polar surface area (TPSA) is 18.5 Å². The predicted octanol–water partition coefficient (Wildman–Crippen LogP) is 4.01. The number of ether oxygens (including phenoxy) is 2. The standard InChI is InChI=1S/C15H21ClO2/c1-3-11-8-14(16)15(9-11)18-10-12-4-6-13(17-2)7-5-12/h4-7,11,14-15H,3,8-10H2,1-2H3. The lowest BCUT2D eigenvalue weighted by Gasteiger charge is -2.15. The van der Waals surface area contributed by atoms with Gasteiger partial charge in [0.2, 0.25) is 0 Å². The molecule has 100 valence electrons. The Labute approximate surface area is 114 Å². The van der Waals surface area contributed by atoms with E-state index in [0.717, 1.165) is 24.5 Å². The van der Waals surface area contributed by atoms with Crippen LogP contribution in [-0.4, -0.2) is 18.6 Å².